The van der Waals surface area contributed by atoms with E-state index >= 15 is 0 Å². The number of nitrogens with one attached hydrogen (secondary N) is 1. The molecule has 1 N–H and O–H groups in total. The van der Waals surface area contributed by atoms with E-state index in [0.717, 1.165) is 12.8 Å². The van der Waals surface area contributed by atoms with Crippen LogP contribution in [0.2, 0.25) is 0 Å². The van der Waals surface area contributed by atoms with E-state index in [0.29, 0.717) is 6.54 Å². The van der Waals surface area contributed by atoms with Crippen LogP contribution in [-0.4, -0.2) is 41.7 Å². The molecular weight excluding hydrogens is 245 g/mol. The Hall–Kier alpha value is -1.04. The number of amides is 1. The maximum Gasteiger partial charge on any atom is 0.403 e. The highest BCUT2D eigenvalue weighted by Gasteiger charge is 2.47. The molecule has 102 valence electrons. The van der Waals surface area contributed by atoms with E-state index in [4.69, 9.17) is 0 Å². The Balaban J connectivity index is 1.95. The zero-order valence-corrected chi connectivity index (χ0v) is 10.0. The van der Waals surface area contributed by atoms with Crippen molar-refractivity contribution in [3.63, 3.8) is 0 Å². The van der Waals surface area contributed by atoms with Crippen LogP contribution in [-0.2, 0) is 4.79 Å². The topological polar surface area (TPSA) is 32.3 Å². The summed E-state index contributed by atoms with van der Waals surface area (Å²) < 4.78 is 37.5. The van der Waals surface area contributed by atoms with Crippen molar-refractivity contribution in [2.45, 2.75) is 50.0 Å². The minimum Gasteiger partial charge on any atom is -0.335 e. The van der Waals surface area contributed by atoms with E-state index in [9.17, 15) is 18.0 Å². The van der Waals surface area contributed by atoms with Gasteiger partial charge in [-0.15, -0.1) is 6.58 Å². The van der Waals surface area contributed by atoms with Gasteiger partial charge in [-0.05, 0) is 25.7 Å². The molecule has 18 heavy (non-hydrogen) atoms. The normalized spacial score (nSPS) is 28.2. The van der Waals surface area contributed by atoms with E-state index in [1.54, 1.807) is 11.0 Å². The highest BCUT2D eigenvalue weighted by molar-refractivity contribution is 5.83. The molecule has 2 fully saturated rings. The molecule has 3 nitrogen and oxygen atoms in total. The SMILES string of the molecule is C=CCN(C(=O)C1CCC(C(F)(F)F)N1)C1CC1. The van der Waals surface area contributed by atoms with Gasteiger partial charge in [0.2, 0.25) is 5.91 Å². The van der Waals surface area contributed by atoms with Crippen LogP contribution in [0.5, 0.6) is 0 Å². The molecule has 2 atom stereocenters. The van der Waals surface area contributed by atoms with E-state index in [1.807, 2.05) is 0 Å². The molecule has 1 saturated carbocycles. The summed E-state index contributed by atoms with van der Waals surface area (Å²) in [4.78, 5) is 13.8. The van der Waals surface area contributed by atoms with Crippen molar-refractivity contribution in [3.8, 4) is 0 Å². The first-order valence-electron chi connectivity index (χ1n) is 6.17. The quantitative estimate of drug-likeness (QED) is 0.784. The second-order valence-electron chi connectivity index (χ2n) is 4.90. The van der Waals surface area contributed by atoms with Crippen molar-refractivity contribution in [2.24, 2.45) is 0 Å². The molecule has 0 aromatic heterocycles. The second-order valence-corrected chi connectivity index (χ2v) is 4.90. The Morgan fingerprint density at radius 1 is 1.33 bits per heavy atom. The number of hydrogen-bond donors (Lipinski definition) is 1. The van der Waals surface area contributed by atoms with Gasteiger partial charge in [-0.2, -0.15) is 13.2 Å². The summed E-state index contributed by atoms with van der Waals surface area (Å²) in [5.74, 6) is -0.218. The molecule has 0 radical (unpaired) electrons. The smallest absolute Gasteiger partial charge is 0.335 e. The van der Waals surface area contributed by atoms with Crippen LogP contribution in [0, 0.1) is 0 Å². The van der Waals surface area contributed by atoms with Gasteiger partial charge in [-0.25, -0.2) is 0 Å². The fourth-order valence-electron chi connectivity index (χ4n) is 2.34. The molecule has 1 saturated heterocycles. The molecule has 0 bridgehead atoms. The van der Waals surface area contributed by atoms with Crippen LogP contribution >= 0.6 is 0 Å². The average molecular weight is 262 g/mol. The lowest BCUT2D eigenvalue weighted by Crippen LogP contribution is -2.49. The number of carbonyl (C=O) groups excluding carboxylic acids is 1. The minimum atomic E-state index is -4.27. The summed E-state index contributed by atoms with van der Waals surface area (Å²) in [6.07, 6.45) is -0.538. The molecule has 6 heteroatoms. The lowest BCUT2D eigenvalue weighted by atomic mass is 10.1. The molecular formula is C12H17F3N2O. The van der Waals surface area contributed by atoms with Gasteiger partial charge in [0.1, 0.15) is 6.04 Å². The predicted octanol–water partition coefficient (Wildman–Crippen LogP) is 1.85. The van der Waals surface area contributed by atoms with Crippen molar-refractivity contribution in [2.75, 3.05) is 6.54 Å². The first-order valence-corrected chi connectivity index (χ1v) is 6.17. The number of halogens is 3. The van der Waals surface area contributed by atoms with Crippen molar-refractivity contribution in [1.29, 1.82) is 0 Å². The second kappa shape index (κ2) is 4.91. The van der Waals surface area contributed by atoms with Gasteiger partial charge in [0.05, 0.1) is 6.04 Å². The van der Waals surface area contributed by atoms with E-state index < -0.39 is 18.3 Å². The molecule has 2 unspecified atom stereocenters. The van der Waals surface area contributed by atoms with Gasteiger partial charge >= 0.3 is 6.18 Å². The van der Waals surface area contributed by atoms with Crippen molar-refractivity contribution >= 4 is 5.91 Å². The van der Waals surface area contributed by atoms with Crippen LogP contribution in [0.1, 0.15) is 25.7 Å². The van der Waals surface area contributed by atoms with E-state index in [2.05, 4.69) is 11.9 Å². The van der Waals surface area contributed by atoms with Gasteiger partial charge in [-0.1, -0.05) is 6.08 Å². The molecule has 0 aromatic rings. The molecule has 2 aliphatic rings. The maximum atomic E-state index is 12.5. The van der Waals surface area contributed by atoms with Crippen LogP contribution in [0.25, 0.3) is 0 Å². The molecule has 1 amide bonds. The van der Waals surface area contributed by atoms with E-state index in [1.165, 1.54) is 0 Å². The standard InChI is InChI=1S/C12H17F3N2O/c1-2-7-17(8-3-4-8)11(18)9-5-6-10(16-9)12(13,14)15/h2,8-10,16H,1,3-7H2. The molecule has 2 rings (SSSR count). The summed E-state index contributed by atoms with van der Waals surface area (Å²) in [5, 5.41) is 2.40. The van der Waals surface area contributed by atoms with E-state index in [-0.39, 0.29) is 24.8 Å². The third kappa shape index (κ3) is 2.85. The zero-order valence-electron chi connectivity index (χ0n) is 10.0. The Kier molecular flexibility index (Phi) is 3.66. The monoisotopic (exact) mass is 262 g/mol. The highest BCUT2D eigenvalue weighted by Crippen LogP contribution is 2.31. The predicted molar refractivity (Wildman–Crippen MR) is 60.9 cm³/mol. The summed E-state index contributed by atoms with van der Waals surface area (Å²) in [7, 11) is 0. The van der Waals surface area contributed by atoms with Crippen molar-refractivity contribution in [1.82, 2.24) is 10.2 Å². The van der Waals surface area contributed by atoms with Crippen molar-refractivity contribution < 1.29 is 18.0 Å². The number of carbonyl (C=O) groups is 1. The fraction of sp³-hybridized carbons (Fsp3) is 0.750. The van der Waals surface area contributed by atoms with Gasteiger partial charge in [0.25, 0.3) is 0 Å². The summed E-state index contributed by atoms with van der Waals surface area (Å²) in [6.45, 7) is 3.99. The molecule has 1 aliphatic carbocycles. The summed E-state index contributed by atoms with van der Waals surface area (Å²) in [5.41, 5.74) is 0. The Morgan fingerprint density at radius 3 is 2.44 bits per heavy atom. The molecule has 1 aliphatic heterocycles. The number of rotatable bonds is 4. The van der Waals surface area contributed by atoms with Gasteiger partial charge in [0.15, 0.2) is 0 Å². The lowest BCUT2D eigenvalue weighted by molar-refractivity contribution is -0.153. The Bertz CT molecular complexity index is 339. The first kappa shape index (κ1) is 13.4. The highest BCUT2D eigenvalue weighted by atomic mass is 19.4. The molecule has 0 aromatic carbocycles. The minimum absolute atomic E-state index is 0.0213. The Morgan fingerprint density at radius 2 is 2.00 bits per heavy atom. The molecule has 0 spiro atoms. The van der Waals surface area contributed by atoms with Crippen LogP contribution < -0.4 is 5.32 Å². The first-order chi connectivity index (χ1) is 8.43. The third-order valence-corrected chi connectivity index (χ3v) is 3.44. The fourth-order valence-corrected chi connectivity index (χ4v) is 2.34. The van der Waals surface area contributed by atoms with Crippen LogP contribution in [0.3, 0.4) is 0 Å². The van der Waals surface area contributed by atoms with Gasteiger partial charge < -0.3 is 4.90 Å². The zero-order chi connectivity index (χ0) is 13.3. The largest absolute Gasteiger partial charge is 0.403 e. The number of nitrogens with zero attached hydrogens (tertiary/aromatic N) is 1. The van der Waals surface area contributed by atoms with Crippen molar-refractivity contribution in [3.05, 3.63) is 12.7 Å². The lowest BCUT2D eigenvalue weighted by Gasteiger charge is -2.25. The summed E-state index contributed by atoms with van der Waals surface area (Å²) >= 11 is 0. The van der Waals surface area contributed by atoms with Crippen LogP contribution in [0.4, 0.5) is 13.2 Å². The molecule has 1 heterocycles. The number of alkyl halides is 3. The maximum absolute atomic E-state index is 12.5. The third-order valence-electron chi connectivity index (χ3n) is 3.44. The van der Waals surface area contributed by atoms with Crippen LogP contribution in [0.15, 0.2) is 12.7 Å². The number of hydrogen-bond acceptors (Lipinski definition) is 2. The Labute approximate surface area is 104 Å². The van der Waals surface area contributed by atoms with Gasteiger partial charge in [-0.3, -0.25) is 10.1 Å². The van der Waals surface area contributed by atoms with Gasteiger partial charge in [0, 0.05) is 12.6 Å². The summed E-state index contributed by atoms with van der Waals surface area (Å²) in [6, 6.07) is -2.05. The average Bonchev–Trinajstić information content (AvgIpc) is 2.99.